The van der Waals surface area contributed by atoms with Crippen molar-refractivity contribution in [3.63, 3.8) is 0 Å². The molecule has 1 aliphatic heterocycles. The van der Waals surface area contributed by atoms with Crippen LogP contribution in [0, 0.1) is 0 Å². The maximum atomic E-state index is 12.9. The molecule has 1 N–H and O–H groups in total. The van der Waals surface area contributed by atoms with Crippen LogP contribution in [-0.2, 0) is 10.0 Å². The van der Waals surface area contributed by atoms with Crippen LogP contribution < -0.4 is 4.72 Å². The molecular formula is C20H19N3O4S2. The number of furan rings is 1. The summed E-state index contributed by atoms with van der Waals surface area (Å²) < 4.78 is 31.6. The average molecular weight is 430 g/mol. The first-order chi connectivity index (χ1) is 14.0. The summed E-state index contributed by atoms with van der Waals surface area (Å²) in [6, 6.07) is 14.0. The Morgan fingerprint density at radius 3 is 2.83 bits per heavy atom. The molecule has 7 nitrogen and oxygen atoms in total. The topological polar surface area (TPSA) is 92.0 Å². The van der Waals surface area contributed by atoms with Gasteiger partial charge in [-0.15, -0.1) is 11.3 Å². The third kappa shape index (κ3) is 4.10. The van der Waals surface area contributed by atoms with Crippen molar-refractivity contribution in [3.8, 4) is 0 Å². The summed E-state index contributed by atoms with van der Waals surface area (Å²) in [4.78, 5) is 13.9. The van der Waals surface area contributed by atoms with E-state index in [0.717, 1.165) is 10.4 Å². The lowest BCUT2D eigenvalue weighted by atomic mass is 10.0. The summed E-state index contributed by atoms with van der Waals surface area (Å²) in [6.07, 6.45) is 1.98. The lowest BCUT2D eigenvalue weighted by Gasteiger charge is -2.19. The van der Waals surface area contributed by atoms with Crippen LogP contribution in [-0.4, -0.2) is 30.8 Å². The summed E-state index contributed by atoms with van der Waals surface area (Å²) in [5.41, 5.74) is 1.94. The van der Waals surface area contributed by atoms with Gasteiger partial charge >= 0.3 is 5.91 Å². The van der Waals surface area contributed by atoms with E-state index in [-0.39, 0.29) is 23.5 Å². The number of rotatable bonds is 6. The Kier molecular flexibility index (Phi) is 5.25. The van der Waals surface area contributed by atoms with Crippen LogP contribution in [0.25, 0.3) is 0 Å². The Hall–Kier alpha value is -2.91. The minimum Gasteiger partial charge on any atom is -0.459 e. The largest absolute Gasteiger partial charge is 0.459 e. The number of carbonyl (C=O) groups excluding carboxylic acids is 1. The van der Waals surface area contributed by atoms with E-state index in [1.807, 2.05) is 23.6 Å². The van der Waals surface area contributed by atoms with Gasteiger partial charge in [-0.05, 0) is 48.2 Å². The molecule has 0 unspecified atom stereocenters. The Morgan fingerprint density at radius 1 is 1.28 bits per heavy atom. The fraction of sp³-hybridized carbons (Fsp3) is 0.200. The predicted octanol–water partition coefficient (Wildman–Crippen LogP) is 4.09. The van der Waals surface area contributed by atoms with E-state index in [0.29, 0.717) is 17.8 Å². The van der Waals surface area contributed by atoms with E-state index in [9.17, 15) is 13.2 Å². The van der Waals surface area contributed by atoms with Crippen molar-refractivity contribution < 1.29 is 17.6 Å². The highest BCUT2D eigenvalue weighted by Crippen LogP contribution is 2.36. The lowest BCUT2D eigenvalue weighted by Crippen LogP contribution is -2.26. The molecule has 0 saturated heterocycles. The molecule has 150 valence electrons. The Balaban J connectivity index is 1.67. The van der Waals surface area contributed by atoms with Crippen molar-refractivity contribution >= 4 is 38.7 Å². The van der Waals surface area contributed by atoms with Crippen LogP contribution in [0.2, 0.25) is 0 Å². The van der Waals surface area contributed by atoms with Gasteiger partial charge in [0, 0.05) is 17.0 Å². The fourth-order valence-corrected chi connectivity index (χ4v) is 4.54. The molecule has 0 radical (unpaired) electrons. The molecule has 0 spiro atoms. The molecule has 1 aromatic carbocycles. The minimum atomic E-state index is -3.38. The zero-order valence-electron chi connectivity index (χ0n) is 15.6. The quantitative estimate of drug-likeness (QED) is 0.639. The molecule has 4 rings (SSSR count). The number of hydrazone groups is 1. The second-order valence-corrected chi connectivity index (χ2v) is 9.49. The average Bonchev–Trinajstić information content (AvgIpc) is 3.48. The van der Waals surface area contributed by atoms with Gasteiger partial charge in [0.2, 0.25) is 10.0 Å². The summed E-state index contributed by atoms with van der Waals surface area (Å²) in [5, 5.41) is 7.99. The zero-order chi connectivity index (χ0) is 20.4. The van der Waals surface area contributed by atoms with Gasteiger partial charge in [0.1, 0.15) is 0 Å². The highest BCUT2D eigenvalue weighted by molar-refractivity contribution is 7.92. The minimum absolute atomic E-state index is 0.00987. The number of benzene rings is 1. The highest BCUT2D eigenvalue weighted by Gasteiger charge is 2.35. The van der Waals surface area contributed by atoms with Gasteiger partial charge < -0.3 is 4.42 Å². The summed E-state index contributed by atoms with van der Waals surface area (Å²) >= 11 is 1.56. The van der Waals surface area contributed by atoms with Crippen molar-refractivity contribution in [2.45, 2.75) is 19.4 Å². The van der Waals surface area contributed by atoms with Crippen molar-refractivity contribution in [1.82, 2.24) is 5.01 Å². The van der Waals surface area contributed by atoms with Crippen LogP contribution in [0.1, 0.15) is 40.4 Å². The molecule has 29 heavy (non-hydrogen) atoms. The number of nitrogens with one attached hydrogen (secondary N) is 1. The van der Waals surface area contributed by atoms with E-state index >= 15 is 0 Å². The van der Waals surface area contributed by atoms with Crippen molar-refractivity contribution in [2.24, 2.45) is 5.10 Å². The number of thiophene rings is 1. The van der Waals surface area contributed by atoms with Crippen LogP contribution in [0.15, 0.2) is 69.7 Å². The maximum absolute atomic E-state index is 12.9. The predicted molar refractivity (Wildman–Crippen MR) is 113 cm³/mol. The van der Waals surface area contributed by atoms with Gasteiger partial charge in [-0.25, -0.2) is 13.4 Å². The van der Waals surface area contributed by atoms with Gasteiger partial charge in [-0.1, -0.05) is 18.2 Å². The molecule has 0 fully saturated rings. The van der Waals surface area contributed by atoms with E-state index in [2.05, 4.69) is 9.82 Å². The third-order valence-corrected chi connectivity index (χ3v) is 6.85. The fourth-order valence-electron chi connectivity index (χ4n) is 3.10. The summed E-state index contributed by atoms with van der Waals surface area (Å²) in [7, 11) is -3.38. The Morgan fingerprint density at radius 2 is 2.14 bits per heavy atom. The van der Waals surface area contributed by atoms with E-state index < -0.39 is 10.0 Å². The number of hydrogen-bond acceptors (Lipinski definition) is 6. The number of carbonyl (C=O) groups is 1. The van der Waals surface area contributed by atoms with Crippen LogP contribution in [0.5, 0.6) is 0 Å². The molecule has 0 aliphatic carbocycles. The Bertz CT molecular complexity index is 1140. The highest BCUT2D eigenvalue weighted by atomic mass is 32.2. The number of amides is 1. The van der Waals surface area contributed by atoms with E-state index in [1.54, 1.807) is 48.6 Å². The third-order valence-electron chi connectivity index (χ3n) is 4.57. The molecule has 0 bridgehead atoms. The Labute approximate surface area is 172 Å². The van der Waals surface area contributed by atoms with Gasteiger partial charge in [0.05, 0.1) is 23.8 Å². The van der Waals surface area contributed by atoms with E-state index in [1.165, 1.54) is 11.3 Å². The molecule has 3 aromatic rings. The first-order valence-electron chi connectivity index (χ1n) is 9.05. The first kappa shape index (κ1) is 19.4. The monoisotopic (exact) mass is 429 g/mol. The maximum Gasteiger partial charge on any atom is 0.310 e. The molecular weight excluding hydrogens is 410 g/mol. The smallest absolute Gasteiger partial charge is 0.310 e. The summed E-state index contributed by atoms with van der Waals surface area (Å²) in [6.45, 7) is 1.58. The second-order valence-electron chi connectivity index (χ2n) is 6.50. The van der Waals surface area contributed by atoms with E-state index in [4.69, 9.17) is 4.42 Å². The van der Waals surface area contributed by atoms with Crippen LogP contribution in [0.3, 0.4) is 0 Å². The van der Waals surface area contributed by atoms with Gasteiger partial charge in [-0.3, -0.25) is 9.52 Å². The van der Waals surface area contributed by atoms with Crippen molar-refractivity contribution in [3.05, 3.63) is 76.4 Å². The molecule has 9 heteroatoms. The van der Waals surface area contributed by atoms with Crippen molar-refractivity contribution in [1.29, 1.82) is 0 Å². The normalized spacial score (nSPS) is 16.7. The number of hydrogen-bond donors (Lipinski definition) is 1. The van der Waals surface area contributed by atoms with Gasteiger partial charge in [0.25, 0.3) is 0 Å². The molecule has 3 heterocycles. The van der Waals surface area contributed by atoms with Gasteiger partial charge in [-0.2, -0.15) is 5.10 Å². The number of anilines is 1. The molecule has 0 saturated carbocycles. The second kappa shape index (κ2) is 7.84. The summed E-state index contributed by atoms with van der Waals surface area (Å²) in [5.74, 6) is -0.100. The SMILES string of the molecule is CCS(=O)(=O)Nc1cccc(C2=NN(C(=O)c3ccco3)[C@@H](c3cccs3)C2)c1. The lowest BCUT2D eigenvalue weighted by molar-refractivity contribution is 0.0681. The van der Waals surface area contributed by atoms with Crippen molar-refractivity contribution in [2.75, 3.05) is 10.5 Å². The van der Waals surface area contributed by atoms with Crippen LogP contribution in [0.4, 0.5) is 5.69 Å². The van der Waals surface area contributed by atoms with Crippen LogP contribution >= 0.6 is 11.3 Å². The van der Waals surface area contributed by atoms with Gasteiger partial charge in [0.15, 0.2) is 5.76 Å². The number of nitrogens with zero attached hydrogens (tertiary/aromatic N) is 2. The molecule has 2 aromatic heterocycles. The number of sulfonamides is 1. The molecule has 1 atom stereocenters. The molecule has 1 amide bonds. The standard InChI is InChI=1S/C20H19N3O4S2/c1-2-29(25,26)22-15-7-3-6-14(12-15)16-13-17(19-9-5-11-28-19)23(21-16)20(24)18-8-4-10-27-18/h3-12,17,22H,2,13H2,1H3/t17-/m1/s1. The molecule has 1 aliphatic rings. The first-order valence-corrected chi connectivity index (χ1v) is 11.6. The zero-order valence-corrected chi connectivity index (χ0v) is 17.2.